The van der Waals surface area contributed by atoms with E-state index in [1.807, 2.05) is 13.1 Å². The van der Waals surface area contributed by atoms with Gasteiger partial charge in [0.15, 0.2) is 0 Å². The largest absolute Gasteiger partial charge is 0.388 e. The Morgan fingerprint density at radius 2 is 2.33 bits per heavy atom. The van der Waals surface area contributed by atoms with Gasteiger partial charge < -0.3 is 14.7 Å². The highest BCUT2D eigenvalue weighted by Gasteiger charge is 2.35. The van der Waals surface area contributed by atoms with Gasteiger partial charge in [-0.05, 0) is 31.4 Å². The Morgan fingerprint density at radius 1 is 1.57 bits per heavy atom. The predicted molar refractivity (Wildman–Crippen MR) is 79.5 cm³/mol. The number of aliphatic hydroxyl groups excluding tert-OH is 1. The van der Waals surface area contributed by atoms with Crippen LogP contribution >= 0.6 is 0 Å². The van der Waals surface area contributed by atoms with E-state index in [0.29, 0.717) is 0 Å². The van der Waals surface area contributed by atoms with Crippen molar-refractivity contribution in [3.05, 3.63) is 24.0 Å². The number of aromatic nitrogens is 2. The molecule has 1 fully saturated rings. The van der Waals surface area contributed by atoms with Gasteiger partial charge >= 0.3 is 0 Å². The van der Waals surface area contributed by atoms with Crippen LogP contribution in [0.15, 0.2) is 18.3 Å². The van der Waals surface area contributed by atoms with Crippen LogP contribution in [0.25, 0.3) is 6.08 Å². The zero-order valence-corrected chi connectivity index (χ0v) is 12.8. The second kappa shape index (κ2) is 6.87. The zero-order chi connectivity index (χ0) is 15.4. The van der Waals surface area contributed by atoms with Crippen LogP contribution < -0.4 is 0 Å². The van der Waals surface area contributed by atoms with Gasteiger partial charge in [0.1, 0.15) is 6.10 Å². The van der Waals surface area contributed by atoms with Crippen molar-refractivity contribution in [1.29, 1.82) is 0 Å². The first-order valence-electron chi connectivity index (χ1n) is 7.18. The number of hydrogen-bond donors (Lipinski definition) is 1. The van der Waals surface area contributed by atoms with Crippen LogP contribution in [0.5, 0.6) is 0 Å². The van der Waals surface area contributed by atoms with E-state index in [4.69, 9.17) is 4.74 Å². The van der Waals surface area contributed by atoms with Crippen LogP contribution in [0, 0.1) is 0 Å². The first-order chi connectivity index (χ1) is 10.0. The van der Waals surface area contributed by atoms with Crippen molar-refractivity contribution in [1.82, 2.24) is 14.7 Å². The van der Waals surface area contributed by atoms with Crippen LogP contribution in [-0.2, 0) is 16.6 Å². The molecular formula is C15H23N3O3. The Hall–Kier alpha value is -1.66. The van der Waals surface area contributed by atoms with Crippen molar-refractivity contribution in [3.8, 4) is 0 Å². The number of nitrogens with zero attached hydrogens (tertiary/aromatic N) is 3. The molecule has 1 heterocycles. The number of carbonyl (C=O) groups excluding carboxylic acids is 1. The first kappa shape index (κ1) is 15.7. The highest BCUT2D eigenvalue weighted by atomic mass is 16.5. The van der Waals surface area contributed by atoms with Crippen LogP contribution in [0.4, 0.5) is 0 Å². The molecule has 1 N–H and O–H groups in total. The summed E-state index contributed by atoms with van der Waals surface area (Å²) in [7, 11) is 5.14. The number of hydrogen-bond acceptors (Lipinski definition) is 4. The lowest BCUT2D eigenvalue weighted by atomic mass is 9.89. The third kappa shape index (κ3) is 3.51. The van der Waals surface area contributed by atoms with E-state index in [2.05, 4.69) is 5.10 Å². The summed E-state index contributed by atoms with van der Waals surface area (Å²) in [5.41, 5.74) is 0.857. The van der Waals surface area contributed by atoms with Gasteiger partial charge in [-0.25, -0.2) is 0 Å². The van der Waals surface area contributed by atoms with E-state index in [0.717, 1.165) is 25.0 Å². The Kier molecular flexibility index (Phi) is 5.14. The van der Waals surface area contributed by atoms with Crippen molar-refractivity contribution < 1.29 is 14.6 Å². The molecule has 2 rings (SSSR count). The van der Waals surface area contributed by atoms with Gasteiger partial charge in [0.2, 0.25) is 5.91 Å². The summed E-state index contributed by atoms with van der Waals surface area (Å²) in [4.78, 5) is 13.8. The number of aryl methyl sites for hydroxylation is 1. The summed E-state index contributed by atoms with van der Waals surface area (Å²) in [5.74, 6) is -0.128. The highest BCUT2D eigenvalue weighted by Crippen LogP contribution is 2.25. The average molecular weight is 293 g/mol. The van der Waals surface area contributed by atoms with E-state index in [1.54, 1.807) is 36.0 Å². The minimum absolute atomic E-state index is 0.128. The van der Waals surface area contributed by atoms with Crippen LogP contribution in [0.1, 0.15) is 25.0 Å². The maximum absolute atomic E-state index is 12.2. The van der Waals surface area contributed by atoms with E-state index in [-0.39, 0.29) is 18.1 Å². The van der Waals surface area contributed by atoms with Crippen LogP contribution in [0.2, 0.25) is 0 Å². The van der Waals surface area contributed by atoms with E-state index < -0.39 is 6.10 Å². The number of carbonyl (C=O) groups is 1. The van der Waals surface area contributed by atoms with Crippen molar-refractivity contribution >= 4 is 12.0 Å². The first-order valence-corrected chi connectivity index (χ1v) is 7.18. The number of rotatable bonds is 4. The molecule has 1 aliphatic rings. The molecule has 0 aliphatic heterocycles. The maximum Gasteiger partial charge on any atom is 0.246 e. The molecular weight excluding hydrogens is 270 g/mol. The lowest BCUT2D eigenvalue weighted by Crippen LogP contribution is -2.51. The topological polar surface area (TPSA) is 67.6 Å². The minimum atomic E-state index is -0.636. The third-order valence-corrected chi connectivity index (χ3v) is 4.17. The molecule has 0 radical (unpaired) electrons. The van der Waals surface area contributed by atoms with Crippen LogP contribution in [-0.4, -0.2) is 58.1 Å². The summed E-state index contributed by atoms with van der Waals surface area (Å²) in [6.45, 7) is 0. The molecule has 1 aromatic heterocycles. The molecule has 0 spiro atoms. The monoisotopic (exact) mass is 293 g/mol. The Balaban J connectivity index is 2.02. The molecule has 6 heteroatoms. The SMILES string of the molecule is CO[C@@H]1CCC[C@@H](N(C)C(=O)C=Cc2ccnn2C)[C@H]1O. The Morgan fingerprint density at radius 3 is 2.95 bits per heavy atom. The van der Waals surface area contributed by atoms with Gasteiger partial charge in [0, 0.05) is 33.5 Å². The summed E-state index contributed by atoms with van der Waals surface area (Å²) >= 11 is 0. The summed E-state index contributed by atoms with van der Waals surface area (Å²) in [5, 5.41) is 14.3. The fraction of sp³-hybridized carbons (Fsp3) is 0.600. The van der Waals surface area contributed by atoms with E-state index >= 15 is 0 Å². The van der Waals surface area contributed by atoms with E-state index in [9.17, 15) is 9.90 Å². The summed E-state index contributed by atoms with van der Waals surface area (Å²) < 4.78 is 6.98. The lowest BCUT2D eigenvalue weighted by molar-refractivity contribution is -0.135. The normalized spacial score (nSPS) is 26.2. The predicted octanol–water partition coefficient (Wildman–Crippen LogP) is 0.820. The van der Waals surface area contributed by atoms with Crippen molar-refractivity contribution in [2.75, 3.05) is 14.2 Å². The lowest BCUT2D eigenvalue weighted by Gasteiger charge is -2.38. The molecule has 116 valence electrons. The minimum Gasteiger partial charge on any atom is -0.388 e. The maximum atomic E-state index is 12.2. The molecule has 0 unspecified atom stereocenters. The standard InChI is InChI=1S/C15H23N3O3/c1-17(12-5-4-6-13(21-3)15(12)20)14(19)8-7-11-9-10-16-18(11)2/h7-10,12-13,15,20H,4-6H2,1-3H3/t12-,13-,15-/m1/s1. The molecule has 0 saturated heterocycles. The Labute approximate surface area is 125 Å². The number of amides is 1. The fourth-order valence-corrected chi connectivity index (χ4v) is 2.78. The molecule has 3 atom stereocenters. The molecule has 1 aromatic rings. The summed E-state index contributed by atoms with van der Waals surface area (Å²) in [6, 6.07) is 1.63. The number of likely N-dealkylation sites (N-methyl/N-ethyl adjacent to an activating group) is 1. The van der Waals surface area contributed by atoms with Gasteiger partial charge in [-0.15, -0.1) is 0 Å². The smallest absolute Gasteiger partial charge is 0.246 e. The molecule has 6 nitrogen and oxygen atoms in total. The number of ether oxygens (including phenoxy) is 1. The van der Waals surface area contributed by atoms with Gasteiger partial charge in [0.05, 0.1) is 17.8 Å². The van der Waals surface area contributed by atoms with Crippen LogP contribution in [0.3, 0.4) is 0 Å². The molecule has 21 heavy (non-hydrogen) atoms. The number of aliphatic hydroxyl groups is 1. The van der Waals surface area contributed by atoms with Gasteiger partial charge in [0.25, 0.3) is 0 Å². The van der Waals surface area contributed by atoms with Gasteiger partial charge in [-0.2, -0.15) is 5.10 Å². The van der Waals surface area contributed by atoms with Gasteiger partial charge in [-0.3, -0.25) is 9.48 Å². The molecule has 0 aromatic carbocycles. The summed E-state index contributed by atoms with van der Waals surface area (Å²) in [6.07, 6.45) is 6.67. The molecule has 1 saturated carbocycles. The van der Waals surface area contributed by atoms with Crippen molar-refractivity contribution in [2.45, 2.75) is 37.5 Å². The van der Waals surface area contributed by atoms with Crippen molar-refractivity contribution in [3.63, 3.8) is 0 Å². The third-order valence-electron chi connectivity index (χ3n) is 4.17. The zero-order valence-electron chi connectivity index (χ0n) is 12.8. The second-order valence-electron chi connectivity index (χ2n) is 5.43. The van der Waals surface area contributed by atoms with Crippen molar-refractivity contribution in [2.24, 2.45) is 7.05 Å². The Bertz CT molecular complexity index is 512. The highest BCUT2D eigenvalue weighted by molar-refractivity contribution is 5.91. The average Bonchev–Trinajstić information content (AvgIpc) is 2.89. The van der Waals surface area contributed by atoms with Gasteiger partial charge in [-0.1, -0.05) is 0 Å². The molecule has 0 bridgehead atoms. The molecule has 1 aliphatic carbocycles. The fourth-order valence-electron chi connectivity index (χ4n) is 2.78. The quantitative estimate of drug-likeness (QED) is 0.835. The number of methoxy groups -OCH3 is 1. The van der Waals surface area contributed by atoms with E-state index in [1.165, 1.54) is 6.08 Å². The molecule has 1 amide bonds. The second-order valence-corrected chi connectivity index (χ2v) is 5.43.